The normalized spacial score (nSPS) is 22.0. The lowest BCUT2D eigenvalue weighted by Crippen LogP contribution is -2.51. The molecule has 11 heteroatoms. The zero-order chi connectivity index (χ0) is 28.2. The third-order valence-corrected chi connectivity index (χ3v) is 8.11. The van der Waals surface area contributed by atoms with Crippen LogP contribution in [-0.4, -0.2) is 84.7 Å². The summed E-state index contributed by atoms with van der Waals surface area (Å²) in [5.74, 6) is 2.33. The Balaban J connectivity index is 1.14. The molecule has 3 aliphatic rings. The van der Waals surface area contributed by atoms with Gasteiger partial charge in [0.05, 0.1) is 37.6 Å². The standard InChI is InChI=1S/C30H34FN7O3/c1-39-29-23(19-8-12-38(13-9-19)22-17-40-18-22)3-5-28(36-29)37-30-34-11-6-25(35-30)20-2-4-26(21(14-20)15-32)41-27-7-10-33-16-24(27)31/h2-6,11,14,19,22,24,27,33H,7-10,12-13,16-18H2,1H3,(H,34,35,36,37)/t24-,27-/m0/s1. The van der Waals surface area contributed by atoms with E-state index in [1.807, 2.05) is 12.1 Å². The van der Waals surface area contributed by atoms with E-state index in [4.69, 9.17) is 19.2 Å². The molecule has 3 fully saturated rings. The number of halogens is 1. The Kier molecular flexibility index (Phi) is 8.23. The highest BCUT2D eigenvalue weighted by Crippen LogP contribution is 2.35. The summed E-state index contributed by atoms with van der Waals surface area (Å²) in [4.78, 5) is 16.2. The maximum atomic E-state index is 14.2. The SMILES string of the molecule is COc1nc(Nc2nccc(-c3ccc(O[C@H]4CCNC[C@@H]4F)c(C#N)c3)n2)ccc1C1CCN(C2COC2)CC1. The molecule has 214 valence electrons. The van der Waals surface area contributed by atoms with Crippen LogP contribution in [0.15, 0.2) is 42.6 Å². The number of methoxy groups -OCH3 is 1. The molecule has 1 aromatic carbocycles. The van der Waals surface area contributed by atoms with Crippen LogP contribution in [-0.2, 0) is 4.74 Å². The second kappa shape index (κ2) is 12.3. The first-order valence-corrected chi connectivity index (χ1v) is 14.1. The third kappa shape index (κ3) is 6.10. The fraction of sp³-hybridized carbons (Fsp3) is 0.467. The van der Waals surface area contributed by atoms with Gasteiger partial charge in [0.15, 0.2) is 0 Å². The molecule has 3 aromatic rings. The number of nitrogens with zero attached hydrogens (tertiary/aromatic N) is 5. The minimum Gasteiger partial charge on any atom is -0.486 e. The number of nitriles is 1. The van der Waals surface area contributed by atoms with Gasteiger partial charge < -0.3 is 24.8 Å². The number of alkyl halides is 1. The van der Waals surface area contributed by atoms with Crippen LogP contribution in [0, 0.1) is 11.3 Å². The smallest absolute Gasteiger partial charge is 0.228 e. The highest BCUT2D eigenvalue weighted by atomic mass is 19.1. The van der Waals surface area contributed by atoms with E-state index < -0.39 is 12.3 Å². The van der Waals surface area contributed by atoms with E-state index in [0.717, 1.165) is 50.3 Å². The molecular weight excluding hydrogens is 525 g/mol. The molecule has 10 nitrogen and oxygen atoms in total. The molecule has 0 spiro atoms. The molecule has 2 aromatic heterocycles. The number of rotatable bonds is 8. The van der Waals surface area contributed by atoms with Gasteiger partial charge in [-0.1, -0.05) is 0 Å². The van der Waals surface area contributed by atoms with E-state index in [1.54, 1.807) is 31.5 Å². The monoisotopic (exact) mass is 559 g/mol. The molecule has 2 atom stereocenters. The second-order valence-corrected chi connectivity index (χ2v) is 10.7. The van der Waals surface area contributed by atoms with Crippen molar-refractivity contribution in [3.05, 3.63) is 53.7 Å². The molecule has 3 aliphatic heterocycles. The van der Waals surface area contributed by atoms with Crippen LogP contribution in [0.3, 0.4) is 0 Å². The molecule has 3 saturated heterocycles. The summed E-state index contributed by atoms with van der Waals surface area (Å²) < 4.78 is 31.1. The Bertz CT molecular complexity index is 1410. The van der Waals surface area contributed by atoms with Gasteiger partial charge in [-0.15, -0.1) is 0 Å². The Labute approximate surface area is 238 Å². The van der Waals surface area contributed by atoms with Crippen molar-refractivity contribution in [3.63, 3.8) is 0 Å². The van der Waals surface area contributed by atoms with Crippen LogP contribution in [0.4, 0.5) is 16.2 Å². The molecule has 2 N–H and O–H groups in total. The van der Waals surface area contributed by atoms with Gasteiger partial charge in [0.1, 0.15) is 29.9 Å². The average molecular weight is 560 g/mol. The van der Waals surface area contributed by atoms with Crippen molar-refractivity contribution < 1.29 is 18.6 Å². The van der Waals surface area contributed by atoms with E-state index >= 15 is 0 Å². The largest absolute Gasteiger partial charge is 0.486 e. The van der Waals surface area contributed by atoms with Gasteiger partial charge in [-0.05, 0) is 81.2 Å². The van der Waals surface area contributed by atoms with Crippen LogP contribution >= 0.6 is 0 Å². The van der Waals surface area contributed by atoms with Crippen LogP contribution in [0.2, 0.25) is 0 Å². The highest BCUT2D eigenvalue weighted by Gasteiger charge is 2.31. The van der Waals surface area contributed by atoms with Crippen molar-refractivity contribution in [3.8, 4) is 29.0 Å². The number of likely N-dealkylation sites (tertiary alicyclic amines) is 1. The number of aromatic nitrogens is 3. The van der Waals surface area contributed by atoms with Gasteiger partial charge in [-0.25, -0.2) is 14.4 Å². The van der Waals surface area contributed by atoms with Gasteiger partial charge in [0.2, 0.25) is 11.8 Å². The van der Waals surface area contributed by atoms with E-state index in [2.05, 4.69) is 37.6 Å². The van der Waals surface area contributed by atoms with Crippen molar-refractivity contribution in [2.45, 2.75) is 43.5 Å². The lowest BCUT2D eigenvalue weighted by Gasteiger charge is -2.41. The van der Waals surface area contributed by atoms with Crippen LogP contribution in [0.25, 0.3) is 11.3 Å². The fourth-order valence-electron chi connectivity index (χ4n) is 5.67. The Morgan fingerprint density at radius 3 is 2.71 bits per heavy atom. The summed E-state index contributed by atoms with van der Waals surface area (Å²) in [7, 11) is 1.65. The van der Waals surface area contributed by atoms with Gasteiger partial charge >= 0.3 is 0 Å². The lowest BCUT2D eigenvalue weighted by atomic mass is 9.89. The first kappa shape index (κ1) is 27.3. The van der Waals surface area contributed by atoms with E-state index in [1.165, 1.54) is 0 Å². The minimum atomic E-state index is -1.12. The summed E-state index contributed by atoms with van der Waals surface area (Å²) in [6.45, 7) is 4.73. The van der Waals surface area contributed by atoms with E-state index in [-0.39, 0.29) is 6.54 Å². The summed E-state index contributed by atoms with van der Waals surface area (Å²) in [5, 5.41) is 15.9. The maximum absolute atomic E-state index is 14.2. The van der Waals surface area contributed by atoms with Gasteiger partial charge in [0, 0.05) is 23.9 Å². The fourth-order valence-corrected chi connectivity index (χ4v) is 5.67. The van der Waals surface area contributed by atoms with Crippen molar-refractivity contribution in [2.24, 2.45) is 0 Å². The van der Waals surface area contributed by atoms with E-state index in [9.17, 15) is 9.65 Å². The zero-order valence-corrected chi connectivity index (χ0v) is 23.1. The number of pyridine rings is 1. The van der Waals surface area contributed by atoms with Gasteiger partial charge in [0.25, 0.3) is 0 Å². The third-order valence-electron chi connectivity index (χ3n) is 8.11. The Morgan fingerprint density at radius 1 is 1.12 bits per heavy atom. The number of anilines is 2. The van der Waals surface area contributed by atoms with Crippen molar-refractivity contribution in [1.82, 2.24) is 25.2 Å². The first-order valence-electron chi connectivity index (χ1n) is 14.1. The van der Waals surface area contributed by atoms with Gasteiger partial charge in [-0.3, -0.25) is 4.90 Å². The summed E-state index contributed by atoms with van der Waals surface area (Å²) in [6.07, 6.45) is 2.63. The van der Waals surface area contributed by atoms with Crippen molar-refractivity contribution >= 4 is 11.8 Å². The summed E-state index contributed by atoms with van der Waals surface area (Å²) >= 11 is 0. The minimum absolute atomic E-state index is 0.251. The molecule has 0 amide bonds. The number of benzene rings is 1. The number of ether oxygens (including phenoxy) is 3. The van der Waals surface area contributed by atoms with Gasteiger partial charge in [-0.2, -0.15) is 10.2 Å². The zero-order valence-electron chi connectivity index (χ0n) is 23.1. The van der Waals surface area contributed by atoms with Crippen LogP contribution < -0.4 is 20.1 Å². The van der Waals surface area contributed by atoms with Crippen molar-refractivity contribution in [2.75, 3.05) is 51.8 Å². The topological polar surface area (TPSA) is 117 Å². The number of hydrogen-bond donors (Lipinski definition) is 2. The highest BCUT2D eigenvalue weighted by molar-refractivity contribution is 5.65. The molecule has 0 bridgehead atoms. The quantitative estimate of drug-likeness (QED) is 0.422. The summed E-state index contributed by atoms with van der Waals surface area (Å²) in [6, 6.07) is 13.7. The average Bonchev–Trinajstić information content (AvgIpc) is 2.98. The van der Waals surface area contributed by atoms with Crippen LogP contribution in [0.1, 0.15) is 36.3 Å². The molecule has 0 radical (unpaired) electrons. The lowest BCUT2D eigenvalue weighted by molar-refractivity contribution is -0.0713. The molecule has 0 saturated carbocycles. The molecule has 0 aliphatic carbocycles. The Hall–Kier alpha value is -3.85. The number of nitrogens with one attached hydrogen (secondary N) is 2. The molecule has 6 rings (SSSR count). The second-order valence-electron chi connectivity index (χ2n) is 10.7. The number of hydrogen-bond acceptors (Lipinski definition) is 10. The predicted octanol–water partition coefficient (Wildman–Crippen LogP) is 3.82. The Morgan fingerprint density at radius 2 is 1.98 bits per heavy atom. The molecule has 5 heterocycles. The summed E-state index contributed by atoms with van der Waals surface area (Å²) in [5.41, 5.74) is 2.80. The first-order chi connectivity index (χ1) is 20.1. The van der Waals surface area contributed by atoms with E-state index in [0.29, 0.717) is 59.6 Å². The van der Waals surface area contributed by atoms with Crippen LogP contribution in [0.5, 0.6) is 11.6 Å². The van der Waals surface area contributed by atoms with Crippen molar-refractivity contribution in [1.29, 1.82) is 5.26 Å². The molecule has 41 heavy (non-hydrogen) atoms. The predicted molar refractivity (Wildman–Crippen MR) is 151 cm³/mol. The maximum Gasteiger partial charge on any atom is 0.228 e. The molecule has 0 unspecified atom stereocenters. The number of piperidine rings is 2. The molecular formula is C30H34FN7O3.